The van der Waals surface area contributed by atoms with Crippen LogP contribution in [0.5, 0.6) is 0 Å². The number of likely N-dealkylation sites (tertiary alicyclic amines) is 1. The van der Waals surface area contributed by atoms with Gasteiger partial charge in [0.1, 0.15) is 0 Å². The smallest absolute Gasteiger partial charge is 0.314 e. The Morgan fingerprint density at radius 3 is 2.91 bits per heavy atom. The van der Waals surface area contributed by atoms with Gasteiger partial charge in [-0.05, 0) is 50.2 Å². The topological polar surface area (TPSA) is 53.6 Å². The molecule has 22 heavy (non-hydrogen) atoms. The maximum absolute atomic E-state index is 12.0. The highest BCUT2D eigenvalue weighted by Gasteiger charge is 2.24. The number of hydrogen-bond acceptors (Lipinski definition) is 4. The van der Waals surface area contributed by atoms with E-state index in [1.165, 1.54) is 17.7 Å². The van der Waals surface area contributed by atoms with Crippen molar-refractivity contribution >= 4 is 17.4 Å². The Morgan fingerprint density at radius 1 is 1.36 bits per heavy atom. The predicted molar refractivity (Wildman–Crippen MR) is 88.2 cm³/mol. The average Bonchev–Trinajstić information content (AvgIpc) is 3.27. The molecular weight excluding hydrogens is 298 g/mol. The molecular formula is C16H25N3O2S. The van der Waals surface area contributed by atoms with Gasteiger partial charge in [-0.15, -0.1) is 11.3 Å². The molecule has 0 bridgehead atoms. The van der Waals surface area contributed by atoms with E-state index in [0.29, 0.717) is 19.1 Å². The predicted octanol–water partition coefficient (Wildman–Crippen LogP) is 2.36. The van der Waals surface area contributed by atoms with Gasteiger partial charge in [-0.1, -0.05) is 6.07 Å². The lowest BCUT2D eigenvalue weighted by molar-refractivity contribution is 0.111. The van der Waals surface area contributed by atoms with Crippen molar-refractivity contribution in [2.45, 2.75) is 37.8 Å². The number of amides is 2. The standard InChI is InChI=1S/C16H25N3O2S/c20-16(17-11-13-5-3-9-21-13)18-12-14(15-6-4-10-22-15)19-7-1-2-8-19/h4,6,10,13-14H,1-3,5,7-9,11-12H2,(H2,17,18,20)/t13-,14-/m0/s1. The summed E-state index contributed by atoms with van der Waals surface area (Å²) in [4.78, 5) is 15.8. The van der Waals surface area contributed by atoms with Crippen LogP contribution in [0.1, 0.15) is 36.6 Å². The summed E-state index contributed by atoms with van der Waals surface area (Å²) in [5, 5.41) is 8.06. The van der Waals surface area contributed by atoms with E-state index in [9.17, 15) is 4.79 Å². The maximum atomic E-state index is 12.0. The molecule has 0 saturated carbocycles. The normalized spacial score (nSPS) is 23.5. The van der Waals surface area contributed by atoms with Gasteiger partial charge in [0.05, 0.1) is 12.1 Å². The number of nitrogens with zero attached hydrogens (tertiary/aromatic N) is 1. The molecule has 2 aliphatic heterocycles. The number of ether oxygens (including phenoxy) is 1. The zero-order valence-electron chi connectivity index (χ0n) is 12.9. The summed E-state index contributed by atoms with van der Waals surface area (Å²) in [6, 6.07) is 4.47. The van der Waals surface area contributed by atoms with Crippen molar-refractivity contribution in [3.05, 3.63) is 22.4 Å². The number of urea groups is 1. The molecule has 0 spiro atoms. The molecule has 2 amide bonds. The third-order valence-corrected chi connectivity index (χ3v) is 5.40. The summed E-state index contributed by atoms with van der Waals surface area (Å²) in [7, 11) is 0. The van der Waals surface area contributed by atoms with E-state index < -0.39 is 0 Å². The van der Waals surface area contributed by atoms with Gasteiger partial charge in [-0.2, -0.15) is 0 Å². The molecule has 0 aliphatic carbocycles. The van der Waals surface area contributed by atoms with E-state index in [2.05, 4.69) is 33.0 Å². The monoisotopic (exact) mass is 323 g/mol. The number of hydrogen-bond donors (Lipinski definition) is 2. The van der Waals surface area contributed by atoms with Crippen LogP contribution in [0.2, 0.25) is 0 Å². The molecule has 2 saturated heterocycles. The highest BCUT2D eigenvalue weighted by atomic mass is 32.1. The second-order valence-corrected chi connectivity index (χ2v) is 6.98. The summed E-state index contributed by atoms with van der Waals surface area (Å²) in [5.74, 6) is 0. The molecule has 2 N–H and O–H groups in total. The number of thiophene rings is 1. The molecule has 1 aromatic rings. The van der Waals surface area contributed by atoms with Crippen molar-refractivity contribution in [1.29, 1.82) is 0 Å². The molecule has 0 aromatic carbocycles. The molecule has 5 nitrogen and oxygen atoms in total. The molecule has 0 unspecified atom stereocenters. The molecule has 1 aromatic heterocycles. The van der Waals surface area contributed by atoms with E-state index in [1.54, 1.807) is 11.3 Å². The highest BCUT2D eigenvalue weighted by molar-refractivity contribution is 7.10. The average molecular weight is 323 g/mol. The zero-order chi connectivity index (χ0) is 15.2. The van der Waals surface area contributed by atoms with Crippen LogP contribution in [-0.2, 0) is 4.74 Å². The molecule has 3 rings (SSSR count). The van der Waals surface area contributed by atoms with E-state index in [0.717, 1.165) is 32.5 Å². The van der Waals surface area contributed by atoms with Crippen molar-refractivity contribution in [2.24, 2.45) is 0 Å². The van der Waals surface area contributed by atoms with Gasteiger partial charge >= 0.3 is 6.03 Å². The number of carbonyl (C=O) groups is 1. The minimum atomic E-state index is -0.0868. The summed E-state index contributed by atoms with van der Waals surface area (Å²) < 4.78 is 5.52. The lowest BCUT2D eigenvalue weighted by atomic mass is 10.2. The van der Waals surface area contributed by atoms with E-state index in [1.807, 2.05) is 0 Å². The maximum Gasteiger partial charge on any atom is 0.314 e. The molecule has 6 heteroatoms. The first kappa shape index (κ1) is 15.8. The van der Waals surface area contributed by atoms with Gasteiger partial charge in [0.25, 0.3) is 0 Å². The fourth-order valence-electron chi connectivity index (χ4n) is 3.21. The Balaban J connectivity index is 1.47. The van der Waals surface area contributed by atoms with Crippen LogP contribution in [0, 0.1) is 0 Å². The molecule has 0 radical (unpaired) electrons. The van der Waals surface area contributed by atoms with E-state index in [-0.39, 0.29) is 12.1 Å². The summed E-state index contributed by atoms with van der Waals surface area (Å²) in [5.41, 5.74) is 0. The van der Waals surface area contributed by atoms with Crippen LogP contribution < -0.4 is 10.6 Å². The molecule has 2 fully saturated rings. The number of carbonyl (C=O) groups excluding carboxylic acids is 1. The van der Waals surface area contributed by atoms with Gasteiger partial charge < -0.3 is 15.4 Å². The Morgan fingerprint density at radius 2 is 2.23 bits per heavy atom. The lowest BCUT2D eigenvalue weighted by Crippen LogP contribution is -2.43. The first-order chi connectivity index (χ1) is 10.8. The zero-order valence-corrected chi connectivity index (χ0v) is 13.7. The fourth-order valence-corrected chi connectivity index (χ4v) is 4.07. The van der Waals surface area contributed by atoms with E-state index in [4.69, 9.17) is 4.74 Å². The molecule has 2 aliphatic rings. The van der Waals surface area contributed by atoms with Crippen molar-refractivity contribution in [2.75, 3.05) is 32.8 Å². The second-order valence-electron chi connectivity index (χ2n) is 6.00. The minimum Gasteiger partial charge on any atom is -0.376 e. The fraction of sp³-hybridized carbons (Fsp3) is 0.688. The minimum absolute atomic E-state index is 0.0868. The van der Waals surface area contributed by atoms with Gasteiger partial charge in [-0.25, -0.2) is 4.79 Å². The van der Waals surface area contributed by atoms with Crippen LogP contribution in [0.3, 0.4) is 0 Å². The molecule has 2 atom stereocenters. The summed E-state index contributed by atoms with van der Waals surface area (Å²) in [6.45, 7) is 4.35. The highest BCUT2D eigenvalue weighted by Crippen LogP contribution is 2.27. The molecule has 122 valence electrons. The Labute approximate surface area is 136 Å². The first-order valence-corrected chi connectivity index (χ1v) is 9.11. The Bertz CT molecular complexity index is 454. The van der Waals surface area contributed by atoms with Crippen LogP contribution in [0.4, 0.5) is 4.79 Å². The van der Waals surface area contributed by atoms with Crippen molar-refractivity contribution in [3.8, 4) is 0 Å². The lowest BCUT2D eigenvalue weighted by Gasteiger charge is -2.27. The van der Waals surface area contributed by atoms with Gasteiger partial charge in [-0.3, -0.25) is 4.90 Å². The van der Waals surface area contributed by atoms with Gasteiger partial charge in [0, 0.05) is 24.6 Å². The third-order valence-electron chi connectivity index (χ3n) is 4.42. The summed E-state index contributed by atoms with van der Waals surface area (Å²) in [6.07, 6.45) is 4.85. The van der Waals surface area contributed by atoms with Crippen LogP contribution in [0.15, 0.2) is 17.5 Å². The Hall–Kier alpha value is -1.11. The van der Waals surface area contributed by atoms with Crippen molar-refractivity contribution in [3.63, 3.8) is 0 Å². The SMILES string of the molecule is O=C(NC[C@@H]1CCCO1)NC[C@@H](c1cccs1)N1CCCC1. The van der Waals surface area contributed by atoms with Crippen LogP contribution >= 0.6 is 11.3 Å². The van der Waals surface area contributed by atoms with Crippen LogP contribution in [0.25, 0.3) is 0 Å². The number of nitrogens with one attached hydrogen (secondary N) is 2. The van der Waals surface area contributed by atoms with Gasteiger partial charge in [0.15, 0.2) is 0 Å². The van der Waals surface area contributed by atoms with Crippen molar-refractivity contribution < 1.29 is 9.53 Å². The van der Waals surface area contributed by atoms with Crippen molar-refractivity contribution in [1.82, 2.24) is 15.5 Å². The Kier molecular flexibility index (Phi) is 5.70. The van der Waals surface area contributed by atoms with Gasteiger partial charge in [0.2, 0.25) is 0 Å². The van der Waals surface area contributed by atoms with Crippen LogP contribution in [-0.4, -0.2) is 49.8 Å². The van der Waals surface area contributed by atoms with E-state index >= 15 is 0 Å². The molecule has 3 heterocycles. The third kappa shape index (κ3) is 4.21. The first-order valence-electron chi connectivity index (χ1n) is 8.23. The number of rotatable bonds is 6. The quantitative estimate of drug-likeness (QED) is 0.845. The summed E-state index contributed by atoms with van der Waals surface area (Å²) >= 11 is 1.77. The largest absolute Gasteiger partial charge is 0.376 e. The second kappa shape index (κ2) is 7.94.